The number of hydrogen-bond acceptors (Lipinski definition) is 5. The minimum atomic E-state index is -4.55. The van der Waals surface area contributed by atoms with Crippen LogP contribution in [0, 0.1) is 31.2 Å². The first-order valence-corrected chi connectivity index (χ1v) is 15.7. The summed E-state index contributed by atoms with van der Waals surface area (Å²) in [6.45, 7) is 25.3. The molecule has 0 bridgehead atoms. The van der Waals surface area contributed by atoms with Crippen LogP contribution in [0.15, 0.2) is 96.3 Å². The smallest absolute Gasteiger partial charge is 0.512 e. The molecule has 0 unspecified atom stereocenters. The van der Waals surface area contributed by atoms with Gasteiger partial charge >= 0.3 is 27.2 Å². The Hall–Kier alpha value is -4.21. The van der Waals surface area contributed by atoms with Gasteiger partial charge in [-0.25, -0.2) is 0 Å². The van der Waals surface area contributed by atoms with E-state index in [0.717, 1.165) is 34.1 Å². The predicted octanol–water partition coefficient (Wildman–Crippen LogP) is 11.3. The van der Waals surface area contributed by atoms with E-state index in [2.05, 4.69) is 96.1 Å². The summed E-state index contributed by atoms with van der Waals surface area (Å²) in [6.07, 6.45) is -4.55. The van der Waals surface area contributed by atoms with Crippen molar-refractivity contribution in [1.82, 2.24) is 0 Å². The number of para-hydroxylation sites is 2. The van der Waals surface area contributed by atoms with Gasteiger partial charge in [0.25, 0.3) is 0 Å². The molecule has 0 aliphatic carbocycles. The van der Waals surface area contributed by atoms with Gasteiger partial charge < -0.3 is 31.4 Å². The second kappa shape index (κ2) is 14.0. The van der Waals surface area contributed by atoms with E-state index in [-0.39, 0.29) is 31.9 Å². The van der Waals surface area contributed by atoms with Crippen molar-refractivity contribution in [2.45, 2.75) is 72.4 Å². The minimum Gasteiger partial charge on any atom is -0.512 e. The Kier molecular flexibility index (Phi) is 10.7. The average molecular weight is 843 g/mol. The van der Waals surface area contributed by atoms with Crippen LogP contribution in [0.1, 0.15) is 72.1 Å². The van der Waals surface area contributed by atoms with Crippen molar-refractivity contribution in [1.29, 1.82) is 5.26 Å². The van der Waals surface area contributed by atoms with E-state index in [9.17, 15) is 13.2 Å². The molecule has 4 aromatic carbocycles. The molecule has 4 aromatic rings. The van der Waals surface area contributed by atoms with Crippen molar-refractivity contribution in [3.05, 3.63) is 139 Å². The fraction of sp³-hybridized carbons (Fsp3) is 0.275. The number of anilines is 6. The number of fused-ring (bicyclic) bond motifs is 1. The molecule has 0 fully saturated rings. The molecular weight excluding hydrogens is 803 g/mol. The van der Waals surface area contributed by atoms with Crippen molar-refractivity contribution >= 4 is 34.1 Å². The third-order valence-corrected chi connectivity index (χ3v) is 8.82. The summed E-state index contributed by atoms with van der Waals surface area (Å²) in [5.74, 6) is 0. The van der Waals surface area contributed by atoms with Crippen LogP contribution in [0.2, 0.25) is 0 Å². The largest absolute Gasteiger partial charge is 4.00 e. The van der Waals surface area contributed by atoms with Gasteiger partial charge in [0.2, 0.25) is 0 Å². The molecule has 2 aliphatic rings. The van der Waals surface area contributed by atoms with E-state index < -0.39 is 11.7 Å². The monoisotopic (exact) mass is 842 g/mol. The summed E-state index contributed by atoms with van der Waals surface area (Å²) in [7, 11) is 0. The molecule has 9 heteroatoms. The van der Waals surface area contributed by atoms with Crippen LogP contribution in [-0.4, -0.2) is 0 Å². The third-order valence-electron chi connectivity index (χ3n) is 8.82. The predicted molar refractivity (Wildman–Crippen MR) is 188 cm³/mol. The zero-order valence-corrected chi connectivity index (χ0v) is 31.2. The zero-order valence-electron chi connectivity index (χ0n) is 28.9. The van der Waals surface area contributed by atoms with E-state index in [1.807, 2.05) is 61.3 Å². The maximum atomic E-state index is 14.4. The van der Waals surface area contributed by atoms with Gasteiger partial charge in [0.15, 0.2) is 0 Å². The Morgan fingerprint density at radius 3 is 1.41 bits per heavy atom. The molecule has 6 rings (SSSR count). The Labute approximate surface area is 303 Å². The van der Waals surface area contributed by atoms with Crippen molar-refractivity contribution in [3.8, 4) is 0 Å². The Morgan fingerprint density at radius 2 is 0.959 bits per heavy atom. The summed E-state index contributed by atoms with van der Waals surface area (Å²) in [5.41, 5.74) is 7.59. The van der Waals surface area contributed by atoms with Gasteiger partial charge in [0.1, 0.15) is 0 Å². The molecule has 2 heterocycles. The molecule has 5 nitrogen and oxygen atoms in total. The first-order chi connectivity index (χ1) is 22.5. The summed E-state index contributed by atoms with van der Waals surface area (Å²) in [5, 5.41) is 6.25. The van der Waals surface area contributed by atoms with E-state index in [1.165, 1.54) is 23.3 Å². The molecule has 0 amide bonds. The van der Waals surface area contributed by atoms with Crippen LogP contribution in [0.5, 0.6) is 0 Å². The van der Waals surface area contributed by atoms with Crippen molar-refractivity contribution in [2.24, 2.45) is 0 Å². The summed E-state index contributed by atoms with van der Waals surface area (Å²) < 4.78 is 43.3. The van der Waals surface area contributed by atoms with E-state index in [4.69, 9.17) is 11.8 Å². The maximum Gasteiger partial charge on any atom is 4.00 e. The number of alkyl halides is 3. The Morgan fingerprint density at radius 1 is 0.571 bits per heavy atom. The van der Waals surface area contributed by atoms with Crippen molar-refractivity contribution in [2.75, 3.05) is 19.6 Å². The van der Waals surface area contributed by atoms with Crippen LogP contribution in [-0.2, 0) is 38.1 Å². The van der Waals surface area contributed by atoms with Crippen LogP contribution < -0.4 is 19.6 Å². The van der Waals surface area contributed by atoms with Gasteiger partial charge in [-0.1, -0.05) is 83.5 Å². The van der Waals surface area contributed by atoms with E-state index >= 15 is 0 Å². The number of rotatable bonds is 4. The van der Waals surface area contributed by atoms with Crippen LogP contribution >= 0.6 is 0 Å². The standard InChI is InChI=1S/C39H40F3N4.CN.Pt/c1-26-27(2)44(24-43(26)31-17-13-28(14-18-31)37(3,4)5)33-21-30(39(40,41)42)22-34(23-33)46-25-45(35-11-9-10-12-36(35)46)32-19-15-29(16-20-32)38(6,7)8;1-2;/h9-22,24-25H,1-8H3;;/q-3;-1;+4. The molecule has 2 aliphatic heterocycles. The van der Waals surface area contributed by atoms with Crippen molar-refractivity contribution < 1.29 is 34.2 Å². The number of halogens is 3. The van der Waals surface area contributed by atoms with Gasteiger partial charge in [-0.3, -0.25) is 0 Å². The van der Waals surface area contributed by atoms with E-state index in [1.54, 1.807) is 9.80 Å². The molecule has 256 valence electrons. The van der Waals surface area contributed by atoms with Crippen molar-refractivity contribution in [3.63, 3.8) is 0 Å². The number of nitrogens with zero attached hydrogens (tertiary/aromatic N) is 5. The first kappa shape index (κ1) is 37.6. The van der Waals surface area contributed by atoms with Gasteiger partial charge in [-0.05, 0) is 72.2 Å². The molecular formula is C40H40F3N5Pt. The topological polar surface area (TPSA) is 36.8 Å². The SMILES string of the molecule is CC1=C(C)N(c2ccc(C(C)(C)C)cc2)[CH-]N1c1[c-]c(N2[CH-]N(c3ccc(C(C)(C)C)cc3)c3ccccc32)cc(C(F)(F)F)c1.[C-]#N.[Pt+4]. The third kappa shape index (κ3) is 7.53. The molecule has 0 saturated heterocycles. The zero-order chi connectivity index (χ0) is 35.2. The summed E-state index contributed by atoms with van der Waals surface area (Å²) in [6, 6.07) is 30.0. The molecule has 49 heavy (non-hydrogen) atoms. The van der Waals surface area contributed by atoms with E-state index in [0.29, 0.717) is 11.4 Å². The molecule has 0 radical (unpaired) electrons. The van der Waals surface area contributed by atoms with Gasteiger partial charge in [-0.2, -0.15) is 13.2 Å². The molecule has 0 atom stereocenters. The fourth-order valence-corrected chi connectivity index (χ4v) is 5.86. The van der Waals surface area contributed by atoms with Gasteiger partial charge in [0.05, 0.1) is 0 Å². The first-order valence-electron chi connectivity index (χ1n) is 15.7. The average Bonchev–Trinajstić information content (AvgIpc) is 3.58. The molecule has 0 aromatic heterocycles. The molecule has 0 N–H and O–H groups in total. The van der Waals surface area contributed by atoms with Crippen LogP contribution in [0.3, 0.4) is 0 Å². The van der Waals surface area contributed by atoms with Crippen LogP contribution in [0.4, 0.5) is 47.3 Å². The normalized spacial score (nSPS) is 14.8. The Bertz CT molecular complexity index is 1830. The number of benzene rings is 4. The van der Waals surface area contributed by atoms with Gasteiger partial charge in [-0.15, -0.1) is 42.9 Å². The second-order valence-electron chi connectivity index (χ2n) is 14.1. The fourth-order valence-electron chi connectivity index (χ4n) is 5.86. The van der Waals surface area contributed by atoms with Gasteiger partial charge in [0, 0.05) is 34.1 Å². The number of hydrogen-bond donors (Lipinski definition) is 0. The molecule has 0 saturated carbocycles. The quantitative estimate of drug-likeness (QED) is 0.191. The minimum absolute atomic E-state index is 0. The number of allylic oxidation sites excluding steroid dienone is 2. The summed E-state index contributed by atoms with van der Waals surface area (Å²) >= 11 is 0. The Balaban J connectivity index is 0.00000177. The maximum absolute atomic E-state index is 14.4. The molecule has 0 spiro atoms. The van der Waals surface area contributed by atoms with Crippen LogP contribution in [0.25, 0.3) is 0 Å². The second-order valence-corrected chi connectivity index (χ2v) is 14.1. The summed E-state index contributed by atoms with van der Waals surface area (Å²) in [4.78, 5) is 7.60.